The first-order valence-corrected chi connectivity index (χ1v) is 8.88. The summed E-state index contributed by atoms with van der Waals surface area (Å²) >= 11 is 1.12. The van der Waals surface area contributed by atoms with Gasteiger partial charge >= 0.3 is 0 Å². The van der Waals surface area contributed by atoms with Crippen molar-refractivity contribution in [1.82, 2.24) is 14.2 Å². The highest BCUT2D eigenvalue weighted by molar-refractivity contribution is 8.11. The van der Waals surface area contributed by atoms with Crippen LogP contribution in [0.5, 0.6) is 0 Å². The largest absolute Gasteiger partial charge is 0.360 e. The molecule has 1 amide bonds. The third-order valence-electron chi connectivity index (χ3n) is 4.36. The van der Waals surface area contributed by atoms with E-state index in [9.17, 15) is 4.79 Å². The van der Waals surface area contributed by atoms with Crippen LogP contribution in [0.2, 0.25) is 0 Å². The number of carbonyl (C=O) groups excluding carboxylic acids is 1. The number of nitrogens with zero attached hydrogens (tertiary/aromatic N) is 3. The van der Waals surface area contributed by atoms with Crippen molar-refractivity contribution in [3.8, 4) is 6.07 Å². The van der Waals surface area contributed by atoms with E-state index in [0.717, 1.165) is 68.4 Å². The van der Waals surface area contributed by atoms with Gasteiger partial charge in [0.15, 0.2) is 0 Å². The third kappa shape index (κ3) is 4.09. The van der Waals surface area contributed by atoms with Crippen molar-refractivity contribution in [2.24, 2.45) is 5.73 Å². The molecule has 24 heavy (non-hydrogen) atoms. The Bertz CT molecular complexity index is 758. The number of aromatic amines is 1. The molecule has 0 bridgehead atoms. The molecule has 2 heterocycles. The van der Waals surface area contributed by atoms with Gasteiger partial charge < -0.3 is 15.6 Å². The van der Waals surface area contributed by atoms with Gasteiger partial charge in [-0.3, -0.25) is 4.79 Å². The summed E-state index contributed by atoms with van der Waals surface area (Å²) in [6, 6.07) is 8.51. The molecule has 0 spiro atoms. The fourth-order valence-corrected chi connectivity index (χ4v) is 3.69. The van der Waals surface area contributed by atoms with Gasteiger partial charge in [-0.2, -0.15) is 5.26 Å². The second-order valence-electron chi connectivity index (χ2n) is 5.98. The van der Waals surface area contributed by atoms with Crippen LogP contribution in [-0.4, -0.2) is 52.2 Å². The molecule has 0 aliphatic carbocycles. The fraction of sp³-hybridized carbons (Fsp3) is 0.412. The van der Waals surface area contributed by atoms with E-state index in [4.69, 9.17) is 11.0 Å². The van der Waals surface area contributed by atoms with E-state index in [1.165, 1.54) is 5.56 Å². The molecule has 7 heteroatoms. The molecule has 1 aliphatic heterocycles. The minimum absolute atomic E-state index is 0.333. The van der Waals surface area contributed by atoms with Crippen molar-refractivity contribution >= 4 is 28.1 Å². The average molecular weight is 343 g/mol. The van der Waals surface area contributed by atoms with Crippen molar-refractivity contribution in [1.29, 1.82) is 5.26 Å². The Labute approximate surface area is 145 Å². The molecule has 1 aromatic carbocycles. The number of amides is 1. The Morgan fingerprint density at radius 2 is 2.12 bits per heavy atom. The number of nitrogens with one attached hydrogen (secondary N) is 1. The maximum atomic E-state index is 10.9. The van der Waals surface area contributed by atoms with Crippen molar-refractivity contribution in [3.05, 3.63) is 35.5 Å². The molecule has 2 aromatic rings. The Hall–Kier alpha value is -2.01. The zero-order chi connectivity index (χ0) is 16.9. The number of aromatic nitrogens is 1. The summed E-state index contributed by atoms with van der Waals surface area (Å²) in [5.41, 5.74) is 8.18. The second kappa shape index (κ2) is 7.71. The number of nitrogens with two attached hydrogens (primary N) is 1. The van der Waals surface area contributed by atoms with Crippen LogP contribution in [0.15, 0.2) is 24.4 Å². The van der Waals surface area contributed by atoms with Gasteiger partial charge in [0.05, 0.1) is 5.56 Å². The minimum atomic E-state index is -0.333. The van der Waals surface area contributed by atoms with Crippen molar-refractivity contribution in [3.63, 3.8) is 0 Å². The van der Waals surface area contributed by atoms with E-state index < -0.39 is 0 Å². The topological polar surface area (TPSA) is 89.2 Å². The zero-order valence-corrected chi connectivity index (χ0v) is 14.3. The number of hydrogen-bond donors (Lipinski definition) is 2. The summed E-state index contributed by atoms with van der Waals surface area (Å²) in [6.45, 7) is 4.72. The third-order valence-corrected chi connectivity index (χ3v) is 5.16. The number of primary amides is 1. The van der Waals surface area contributed by atoms with Crippen LogP contribution in [0.4, 0.5) is 4.79 Å². The Morgan fingerprint density at radius 3 is 2.83 bits per heavy atom. The summed E-state index contributed by atoms with van der Waals surface area (Å²) < 4.78 is 2.03. The predicted octanol–water partition coefficient (Wildman–Crippen LogP) is 2.32. The van der Waals surface area contributed by atoms with Crippen LogP contribution >= 0.6 is 11.9 Å². The first-order chi connectivity index (χ1) is 11.7. The molecule has 3 rings (SSSR count). The smallest absolute Gasteiger partial charge is 0.291 e. The number of H-pyrrole nitrogens is 1. The lowest BCUT2D eigenvalue weighted by molar-refractivity contribution is 0.194. The molecule has 6 nitrogen and oxygen atoms in total. The van der Waals surface area contributed by atoms with Crippen LogP contribution in [0.3, 0.4) is 0 Å². The lowest BCUT2D eigenvalue weighted by Crippen LogP contribution is -2.44. The molecule has 1 saturated heterocycles. The van der Waals surface area contributed by atoms with Gasteiger partial charge in [0, 0.05) is 55.2 Å². The zero-order valence-electron chi connectivity index (χ0n) is 13.5. The van der Waals surface area contributed by atoms with E-state index in [0.29, 0.717) is 5.56 Å². The van der Waals surface area contributed by atoms with E-state index in [-0.39, 0.29) is 5.24 Å². The molecule has 1 aliphatic rings. The highest BCUT2D eigenvalue weighted by Gasteiger charge is 2.18. The molecular weight excluding hydrogens is 322 g/mol. The first kappa shape index (κ1) is 16.8. The normalized spacial score (nSPS) is 16.3. The first-order valence-electron chi connectivity index (χ1n) is 8.10. The van der Waals surface area contributed by atoms with Gasteiger partial charge in [0.2, 0.25) is 0 Å². The molecule has 0 unspecified atom stereocenters. The van der Waals surface area contributed by atoms with Crippen molar-refractivity contribution < 1.29 is 4.79 Å². The monoisotopic (exact) mass is 343 g/mol. The van der Waals surface area contributed by atoms with Gasteiger partial charge in [-0.25, -0.2) is 4.31 Å². The summed E-state index contributed by atoms with van der Waals surface area (Å²) in [7, 11) is 0. The van der Waals surface area contributed by atoms with Crippen LogP contribution in [-0.2, 0) is 6.42 Å². The Balaban J connectivity index is 1.47. The fourth-order valence-electron chi connectivity index (χ4n) is 3.09. The summed E-state index contributed by atoms with van der Waals surface area (Å²) in [5.74, 6) is 0. The molecule has 1 aromatic heterocycles. The number of fused-ring (bicyclic) bond motifs is 1. The number of aryl methyl sites for hydroxylation is 1. The van der Waals surface area contributed by atoms with Gasteiger partial charge in [0.1, 0.15) is 6.07 Å². The van der Waals surface area contributed by atoms with Gasteiger partial charge in [0.25, 0.3) is 5.24 Å². The van der Waals surface area contributed by atoms with Crippen LogP contribution in [0.25, 0.3) is 10.9 Å². The average Bonchev–Trinajstić information content (AvgIpc) is 2.98. The van der Waals surface area contributed by atoms with E-state index in [1.807, 2.05) is 10.4 Å². The summed E-state index contributed by atoms with van der Waals surface area (Å²) in [6.07, 6.45) is 3.85. The number of nitriles is 1. The SMILES string of the molecule is N#Cc1c[nH]c2ccc(CCCN3CCN(SC(N)=O)CC3)cc12. The second-order valence-corrected chi connectivity index (χ2v) is 7.08. The molecule has 0 saturated carbocycles. The van der Waals surface area contributed by atoms with Gasteiger partial charge in [-0.05, 0) is 37.1 Å². The number of hydrogen-bond acceptors (Lipinski definition) is 5. The van der Waals surface area contributed by atoms with Crippen molar-refractivity contribution in [2.75, 3.05) is 32.7 Å². The summed E-state index contributed by atoms with van der Waals surface area (Å²) in [4.78, 5) is 16.5. The molecule has 0 radical (unpaired) electrons. The maximum absolute atomic E-state index is 10.9. The van der Waals surface area contributed by atoms with Gasteiger partial charge in [-0.1, -0.05) is 6.07 Å². The highest BCUT2D eigenvalue weighted by Crippen LogP contribution is 2.20. The Kier molecular flexibility index (Phi) is 5.41. The quantitative estimate of drug-likeness (QED) is 0.813. The van der Waals surface area contributed by atoms with Crippen LogP contribution in [0.1, 0.15) is 17.5 Å². The Morgan fingerprint density at radius 1 is 1.33 bits per heavy atom. The van der Waals surface area contributed by atoms with Gasteiger partial charge in [-0.15, -0.1) is 0 Å². The highest BCUT2D eigenvalue weighted by atomic mass is 32.2. The van der Waals surface area contributed by atoms with E-state index in [1.54, 1.807) is 6.20 Å². The van der Waals surface area contributed by atoms with Crippen LogP contribution < -0.4 is 5.73 Å². The molecular formula is C17H21N5OS. The molecule has 0 atom stereocenters. The molecule has 1 fully saturated rings. The number of piperazine rings is 1. The van der Waals surface area contributed by atoms with Crippen LogP contribution in [0, 0.1) is 11.3 Å². The standard InChI is InChI=1S/C17H21N5OS/c18-11-14-12-20-16-4-3-13(10-15(14)16)2-1-5-21-6-8-22(9-7-21)24-17(19)23/h3-4,10,12,20H,1-2,5-9H2,(H2,19,23). The summed E-state index contributed by atoms with van der Waals surface area (Å²) in [5, 5.41) is 9.80. The number of benzene rings is 1. The van der Waals surface area contributed by atoms with E-state index >= 15 is 0 Å². The predicted molar refractivity (Wildman–Crippen MR) is 96.5 cm³/mol. The molecule has 3 N–H and O–H groups in total. The number of carbonyl (C=O) groups is 1. The number of rotatable bonds is 5. The lowest BCUT2D eigenvalue weighted by Gasteiger charge is -2.33. The lowest BCUT2D eigenvalue weighted by atomic mass is 10.1. The molecule has 126 valence electrons. The maximum Gasteiger partial charge on any atom is 0.291 e. The minimum Gasteiger partial charge on any atom is -0.360 e. The van der Waals surface area contributed by atoms with Crippen molar-refractivity contribution in [2.45, 2.75) is 12.8 Å². The van der Waals surface area contributed by atoms with E-state index in [2.05, 4.69) is 28.1 Å².